The van der Waals surface area contributed by atoms with E-state index in [2.05, 4.69) is 10.3 Å². The third kappa shape index (κ3) is 3.82. The molecule has 3 aromatic rings. The normalized spacial score (nSPS) is 15.4. The molecule has 1 atom stereocenters. The Balaban J connectivity index is 1.73. The van der Waals surface area contributed by atoms with Crippen molar-refractivity contribution in [2.24, 2.45) is 7.05 Å². The SMILES string of the molecule is COc1ccccc1C1CC(=O)Nc2c1c(=O)nc(SCc1ccc(F)cc1)n2C. The molecule has 2 heterocycles. The fourth-order valence-electron chi connectivity index (χ4n) is 3.61. The van der Waals surface area contributed by atoms with Crippen LogP contribution >= 0.6 is 11.8 Å². The van der Waals surface area contributed by atoms with E-state index in [1.54, 1.807) is 30.9 Å². The number of halogens is 1. The van der Waals surface area contributed by atoms with Crippen molar-refractivity contribution in [2.75, 3.05) is 12.4 Å². The van der Waals surface area contributed by atoms with Gasteiger partial charge in [0.15, 0.2) is 5.16 Å². The number of ether oxygens (including phenoxy) is 1. The Hall–Kier alpha value is -3.13. The molecule has 0 saturated carbocycles. The van der Waals surface area contributed by atoms with Crippen LogP contribution in [0.1, 0.15) is 29.0 Å². The zero-order valence-corrected chi connectivity index (χ0v) is 17.3. The number of para-hydroxylation sites is 1. The van der Waals surface area contributed by atoms with Gasteiger partial charge in [-0.15, -0.1) is 0 Å². The van der Waals surface area contributed by atoms with Crippen LogP contribution in [0.15, 0.2) is 58.5 Å². The Morgan fingerprint density at radius 1 is 1.20 bits per heavy atom. The summed E-state index contributed by atoms with van der Waals surface area (Å²) < 4.78 is 20.3. The van der Waals surface area contributed by atoms with Gasteiger partial charge in [-0.2, -0.15) is 4.98 Å². The van der Waals surface area contributed by atoms with Crippen molar-refractivity contribution < 1.29 is 13.9 Å². The second-order valence-corrected chi connectivity index (χ2v) is 7.93. The molecule has 30 heavy (non-hydrogen) atoms. The summed E-state index contributed by atoms with van der Waals surface area (Å²) in [6.07, 6.45) is 0.145. The highest BCUT2D eigenvalue weighted by molar-refractivity contribution is 7.98. The van der Waals surface area contributed by atoms with E-state index in [9.17, 15) is 14.0 Å². The Morgan fingerprint density at radius 3 is 2.67 bits per heavy atom. The van der Waals surface area contributed by atoms with Crippen molar-refractivity contribution in [3.63, 3.8) is 0 Å². The quantitative estimate of drug-likeness (QED) is 0.499. The van der Waals surface area contributed by atoms with E-state index in [1.807, 2.05) is 24.3 Å². The van der Waals surface area contributed by atoms with Crippen molar-refractivity contribution >= 4 is 23.5 Å². The lowest BCUT2D eigenvalue weighted by molar-refractivity contribution is -0.116. The first-order valence-electron chi connectivity index (χ1n) is 9.39. The molecule has 0 bridgehead atoms. The minimum Gasteiger partial charge on any atom is -0.496 e. The first-order valence-corrected chi connectivity index (χ1v) is 10.4. The van der Waals surface area contributed by atoms with Crippen LogP contribution in [-0.2, 0) is 17.6 Å². The van der Waals surface area contributed by atoms with E-state index >= 15 is 0 Å². The molecule has 0 fully saturated rings. The number of thioether (sulfide) groups is 1. The molecule has 1 N–H and O–H groups in total. The topological polar surface area (TPSA) is 73.2 Å². The molecule has 6 nitrogen and oxygen atoms in total. The Kier molecular flexibility index (Phi) is 5.59. The molecular formula is C22H20FN3O3S. The number of benzene rings is 2. The summed E-state index contributed by atoms with van der Waals surface area (Å²) in [5.41, 5.74) is 1.76. The van der Waals surface area contributed by atoms with Crippen LogP contribution in [-0.4, -0.2) is 22.6 Å². The fraction of sp³-hybridized carbons (Fsp3) is 0.227. The molecule has 1 unspecified atom stereocenters. The second-order valence-electron chi connectivity index (χ2n) is 6.98. The monoisotopic (exact) mass is 425 g/mol. The lowest BCUT2D eigenvalue weighted by atomic mass is 9.86. The van der Waals surface area contributed by atoms with Gasteiger partial charge >= 0.3 is 0 Å². The van der Waals surface area contributed by atoms with Crippen molar-refractivity contribution in [1.29, 1.82) is 0 Å². The highest BCUT2D eigenvalue weighted by Crippen LogP contribution is 2.39. The summed E-state index contributed by atoms with van der Waals surface area (Å²) in [6.45, 7) is 0. The highest BCUT2D eigenvalue weighted by Gasteiger charge is 2.33. The number of nitrogens with zero attached hydrogens (tertiary/aromatic N) is 2. The second kappa shape index (κ2) is 8.31. The number of carbonyl (C=O) groups excluding carboxylic acids is 1. The number of nitrogens with one attached hydrogen (secondary N) is 1. The van der Waals surface area contributed by atoms with Gasteiger partial charge in [0.2, 0.25) is 5.91 Å². The molecule has 0 aliphatic carbocycles. The lowest BCUT2D eigenvalue weighted by Crippen LogP contribution is -2.33. The standard InChI is InChI=1S/C22H20FN3O3S/c1-26-20-19(16(11-18(27)24-20)15-5-3-4-6-17(15)29-2)21(28)25-22(26)30-12-13-7-9-14(23)10-8-13/h3-10,16H,11-12H2,1-2H3,(H,24,27). The number of fused-ring (bicyclic) bond motifs is 1. The molecule has 0 spiro atoms. The average molecular weight is 425 g/mol. The minimum absolute atomic E-state index is 0.145. The number of rotatable bonds is 5. The molecule has 0 radical (unpaired) electrons. The summed E-state index contributed by atoms with van der Waals surface area (Å²) in [5, 5.41) is 3.31. The summed E-state index contributed by atoms with van der Waals surface area (Å²) in [6, 6.07) is 13.6. The van der Waals surface area contributed by atoms with Crippen molar-refractivity contribution in [2.45, 2.75) is 23.2 Å². The Bertz CT molecular complexity index is 1160. The van der Waals surface area contributed by atoms with Crippen LogP contribution in [0.3, 0.4) is 0 Å². The van der Waals surface area contributed by atoms with E-state index in [0.29, 0.717) is 28.0 Å². The molecule has 0 saturated heterocycles. The molecule has 154 valence electrons. The van der Waals surface area contributed by atoms with E-state index in [-0.39, 0.29) is 23.7 Å². The number of hydrogen-bond donors (Lipinski definition) is 1. The van der Waals surface area contributed by atoms with Gasteiger partial charge in [-0.05, 0) is 23.8 Å². The molecule has 1 aliphatic rings. The van der Waals surface area contributed by atoms with Gasteiger partial charge in [0.1, 0.15) is 17.4 Å². The first kappa shape index (κ1) is 20.2. The highest BCUT2D eigenvalue weighted by atomic mass is 32.2. The Labute approximate surface area is 177 Å². The van der Waals surface area contributed by atoms with E-state index < -0.39 is 5.92 Å². The number of anilines is 1. The van der Waals surface area contributed by atoms with Gasteiger partial charge in [-0.1, -0.05) is 42.1 Å². The van der Waals surface area contributed by atoms with Crippen molar-refractivity contribution in [1.82, 2.24) is 9.55 Å². The van der Waals surface area contributed by atoms with E-state index in [4.69, 9.17) is 4.74 Å². The van der Waals surface area contributed by atoms with Crippen LogP contribution in [0.2, 0.25) is 0 Å². The zero-order valence-electron chi connectivity index (χ0n) is 16.5. The van der Waals surface area contributed by atoms with Crippen molar-refractivity contribution in [3.05, 3.63) is 81.4 Å². The van der Waals surface area contributed by atoms with Gasteiger partial charge in [0.25, 0.3) is 5.56 Å². The Morgan fingerprint density at radius 2 is 1.93 bits per heavy atom. The van der Waals surface area contributed by atoms with Crippen molar-refractivity contribution in [3.8, 4) is 5.75 Å². The van der Waals surface area contributed by atoms with Crippen LogP contribution in [0.5, 0.6) is 5.75 Å². The summed E-state index contributed by atoms with van der Waals surface area (Å²) in [7, 11) is 3.33. The molecule has 8 heteroatoms. The van der Waals surface area contributed by atoms with E-state index in [0.717, 1.165) is 11.1 Å². The van der Waals surface area contributed by atoms with Gasteiger partial charge in [-0.25, -0.2) is 4.39 Å². The average Bonchev–Trinajstić information content (AvgIpc) is 2.75. The molecule has 2 aromatic carbocycles. The van der Waals surface area contributed by atoms with Crippen LogP contribution in [0.25, 0.3) is 0 Å². The van der Waals surface area contributed by atoms with Gasteiger partial charge in [0, 0.05) is 30.7 Å². The number of methoxy groups -OCH3 is 1. The third-order valence-corrected chi connectivity index (χ3v) is 6.20. The maximum Gasteiger partial charge on any atom is 0.279 e. The summed E-state index contributed by atoms with van der Waals surface area (Å²) >= 11 is 1.35. The van der Waals surface area contributed by atoms with Gasteiger partial charge in [-0.3, -0.25) is 9.59 Å². The summed E-state index contributed by atoms with van der Waals surface area (Å²) in [4.78, 5) is 29.7. The minimum atomic E-state index is -0.438. The van der Waals surface area contributed by atoms with Gasteiger partial charge in [0.05, 0.1) is 12.7 Å². The smallest absolute Gasteiger partial charge is 0.279 e. The predicted octanol–water partition coefficient (Wildman–Crippen LogP) is 3.69. The number of carbonyl (C=O) groups is 1. The number of aromatic nitrogens is 2. The molecule has 4 rings (SSSR count). The van der Waals surface area contributed by atoms with Gasteiger partial charge < -0.3 is 14.6 Å². The lowest BCUT2D eigenvalue weighted by Gasteiger charge is -2.28. The maximum absolute atomic E-state index is 13.1. The van der Waals surface area contributed by atoms with Crippen LogP contribution in [0.4, 0.5) is 10.2 Å². The first-order chi connectivity index (χ1) is 14.5. The molecule has 1 amide bonds. The predicted molar refractivity (Wildman–Crippen MR) is 114 cm³/mol. The zero-order chi connectivity index (χ0) is 21.3. The fourth-order valence-corrected chi connectivity index (χ4v) is 4.53. The largest absolute Gasteiger partial charge is 0.496 e. The molecular weight excluding hydrogens is 405 g/mol. The number of hydrogen-bond acceptors (Lipinski definition) is 5. The number of amides is 1. The van der Waals surface area contributed by atoms with Crippen LogP contribution < -0.4 is 15.6 Å². The maximum atomic E-state index is 13.1. The van der Waals surface area contributed by atoms with E-state index in [1.165, 1.54) is 23.9 Å². The summed E-state index contributed by atoms with van der Waals surface area (Å²) in [5.74, 6) is 0.682. The third-order valence-electron chi connectivity index (χ3n) is 5.10. The molecule has 1 aromatic heterocycles. The van der Waals surface area contributed by atoms with Crippen LogP contribution in [0, 0.1) is 5.82 Å². The molecule has 1 aliphatic heterocycles.